The summed E-state index contributed by atoms with van der Waals surface area (Å²) in [5, 5.41) is 1.93. The molecule has 1 heterocycles. The molecule has 0 aliphatic carbocycles. The molecule has 0 spiro atoms. The number of rotatable bonds is 3. The molecule has 0 aliphatic heterocycles. The monoisotopic (exact) mass is 373 g/mol. The SMILES string of the molecule is Cc1ccc(Cn2c(-c3ccccc3)cc3cccc(Cl)c3c2=O)c(C)c1. The fourth-order valence-corrected chi connectivity index (χ4v) is 3.82. The van der Waals surface area contributed by atoms with Crippen LogP contribution in [0.25, 0.3) is 22.0 Å². The summed E-state index contributed by atoms with van der Waals surface area (Å²) in [6.07, 6.45) is 0. The summed E-state index contributed by atoms with van der Waals surface area (Å²) in [6, 6.07) is 24.0. The minimum absolute atomic E-state index is 0.0584. The van der Waals surface area contributed by atoms with Crippen molar-refractivity contribution in [3.8, 4) is 11.3 Å². The van der Waals surface area contributed by atoms with E-state index in [9.17, 15) is 4.79 Å². The number of aromatic nitrogens is 1. The highest BCUT2D eigenvalue weighted by Gasteiger charge is 2.14. The van der Waals surface area contributed by atoms with Gasteiger partial charge in [-0.1, -0.05) is 77.8 Å². The van der Waals surface area contributed by atoms with Crippen molar-refractivity contribution in [2.45, 2.75) is 20.4 Å². The molecule has 0 unspecified atom stereocenters. The average Bonchev–Trinajstić information content (AvgIpc) is 2.66. The van der Waals surface area contributed by atoms with Crippen LogP contribution in [0.1, 0.15) is 16.7 Å². The van der Waals surface area contributed by atoms with E-state index in [0.717, 1.165) is 22.2 Å². The van der Waals surface area contributed by atoms with Crippen LogP contribution in [0.15, 0.2) is 77.6 Å². The Hall–Kier alpha value is -2.84. The molecular formula is C24H20ClNO. The summed E-state index contributed by atoms with van der Waals surface area (Å²) in [4.78, 5) is 13.4. The average molecular weight is 374 g/mol. The van der Waals surface area contributed by atoms with Gasteiger partial charge >= 0.3 is 0 Å². The lowest BCUT2D eigenvalue weighted by Gasteiger charge is -2.17. The molecule has 1 aromatic heterocycles. The number of hydrogen-bond donors (Lipinski definition) is 0. The van der Waals surface area contributed by atoms with Crippen LogP contribution in [-0.4, -0.2) is 4.57 Å². The van der Waals surface area contributed by atoms with Crippen molar-refractivity contribution in [1.82, 2.24) is 4.57 Å². The first kappa shape index (κ1) is 17.6. The van der Waals surface area contributed by atoms with Crippen LogP contribution in [0.2, 0.25) is 5.02 Å². The second-order valence-corrected chi connectivity index (χ2v) is 7.33. The number of nitrogens with zero attached hydrogens (tertiary/aromatic N) is 1. The van der Waals surface area contributed by atoms with E-state index in [1.807, 2.05) is 47.0 Å². The number of fused-ring (bicyclic) bond motifs is 1. The molecule has 0 radical (unpaired) electrons. The highest BCUT2D eigenvalue weighted by Crippen LogP contribution is 2.27. The fraction of sp³-hybridized carbons (Fsp3) is 0.125. The molecule has 27 heavy (non-hydrogen) atoms. The standard InChI is InChI=1S/C24H20ClNO/c1-16-11-12-20(17(2)13-16)15-26-22(18-7-4-3-5-8-18)14-19-9-6-10-21(25)23(19)24(26)27/h3-14H,15H2,1-2H3. The highest BCUT2D eigenvalue weighted by molar-refractivity contribution is 6.35. The zero-order chi connectivity index (χ0) is 19.0. The third kappa shape index (κ3) is 3.29. The molecule has 0 bridgehead atoms. The smallest absolute Gasteiger partial charge is 0.260 e. The van der Waals surface area contributed by atoms with Crippen molar-refractivity contribution in [3.05, 3.63) is 105 Å². The number of halogens is 1. The van der Waals surface area contributed by atoms with Gasteiger partial charge in [0, 0.05) is 0 Å². The molecule has 3 aromatic carbocycles. The van der Waals surface area contributed by atoms with Crippen LogP contribution in [0.3, 0.4) is 0 Å². The van der Waals surface area contributed by atoms with Gasteiger partial charge in [0.1, 0.15) is 0 Å². The van der Waals surface area contributed by atoms with Crippen LogP contribution in [0, 0.1) is 13.8 Å². The lowest BCUT2D eigenvalue weighted by Crippen LogP contribution is -2.23. The summed E-state index contributed by atoms with van der Waals surface area (Å²) >= 11 is 6.37. The normalized spacial score (nSPS) is 11.1. The van der Waals surface area contributed by atoms with E-state index in [0.29, 0.717) is 17.0 Å². The predicted molar refractivity (Wildman–Crippen MR) is 114 cm³/mol. The van der Waals surface area contributed by atoms with Gasteiger partial charge in [-0.15, -0.1) is 0 Å². The van der Waals surface area contributed by atoms with Gasteiger partial charge in [-0.2, -0.15) is 0 Å². The van der Waals surface area contributed by atoms with E-state index in [4.69, 9.17) is 11.6 Å². The first-order valence-electron chi connectivity index (χ1n) is 8.98. The van der Waals surface area contributed by atoms with Crippen LogP contribution < -0.4 is 5.56 Å². The molecule has 0 saturated carbocycles. The molecule has 2 nitrogen and oxygen atoms in total. The molecule has 134 valence electrons. The van der Waals surface area contributed by atoms with Gasteiger partial charge in [0.05, 0.1) is 22.6 Å². The Morgan fingerprint density at radius 1 is 0.889 bits per heavy atom. The van der Waals surface area contributed by atoms with Gasteiger partial charge in [0.25, 0.3) is 5.56 Å². The van der Waals surface area contributed by atoms with Crippen LogP contribution in [0.4, 0.5) is 0 Å². The van der Waals surface area contributed by atoms with E-state index in [2.05, 4.69) is 38.1 Å². The Morgan fingerprint density at radius 3 is 2.41 bits per heavy atom. The lowest BCUT2D eigenvalue weighted by molar-refractivity contribution is 0.772. The van der Waals surface area contributed by atoms with Crippen LogP contribution in [-0.2, 0) is 6.54 Å². The van der Waals surface area contributed by atoms with E-state index in [-0.39, 0.29) is 5.56 Å². The Kier molecular flexibility index (Phi) is 4.59. The van der Waals surface area contributed by atoms with Crippen molar-refractivity contribution in [2.75, 3.05) is 0 Å². The van der Waals surface area contributed by atoms with Crippen molar-refractivity contribution >= 4 is 22.4 Å². The van der Waals surface area contributed by atoms with Gasteiger partial charge in [-0.25, -0.2) is 0 Å². The summed E-state index contributed by atoms with van der Waals surface area (Å²) in [5.74, 6) is 0. The minimum atomic E-state index is -0.0584. The topological polar surface area (TPSA) is 22.0 Å². The maximum Gasteiger partial charge on any atom is 0.260 e. The second-order valence-electron chi connectivity index (χ2n) is 6.92. The summed E-state index contributed by atoms with van der Waals surface area (Å²) in [6.45, 7) is 4.67. The minimum Gasteiger partial charge on any atom is -0.303 e. The Labute approximate surface area is 163 Å². The molecule has 0 amide bonds. The third-order valence-corrected chi connectivity index (χ3v) is 5.30. The molecule has 4 aromatic rings. The van der Waals surface area contributed by atoms with Crippen molar-refractivity contribution < 1.29 is 0 Å². The van der Waals surface area contributed by atoms with E-state index >= 15 is 0 Å². The molecule has 3 heteroatoms. The van der Waals surface area contributed by atoms with Crippen molar-refractivity contribution in [3.63, 3.8) is 0 Å². The van der Waals surface area contributed by atoms with Gasteiger partial charge in [-0.3, -0.25) is 4.79 Å². The molecule has 4 rings (SSSR count). The molecule has 0 saturated heterocycles. The Bertz CT molecular complexity index is 1190. The molecule has 0 N–H and O–H groups in total. The largest absolute Gasteiger partial charge is 0.303 e. The molecule has 0 atom stereocenters. The van der Waals surface area contributed by atoms with E-state index < -0.39 is 0 Å². The fourth-order valence-electron chi connectivity index (χ4n) is 3.55. The van der Waals surface area contributed by atoms with Crippen molar-refractivity contribution in [1.29, 1.82) is 0 Å². The van der Waals surface area contributed by atoms with Gasteiger partial charge in [0.2, 0.25) is 0 Å². The molecular weight excluding hydrogens is 354 g/mol. The number of pyridine rings is 1. The number of hydrogen-bond acceptors (Lipinski definition) is 1. The van der Waals surface area contributed by atoms with Gasteiger partial charge < -0.3 is 4.57 Å². The quantitative estimate of drug-likeness (QED) is 0.432. The van der Waals surface area contributed by atoms with E-state index in [1.165, 1.54) is 11.1 Å². The summed E-state index contributed by atoms with van der Waals surface area (Å²) in [5.41, 5.74) is 5.38. The first-order chi connectivity index (χ1) is 13.0. The van der Waals surface area contributed by atoms with Gasteiger partial charge in [-0.05, 0) is 48.1 Å². The Morgan fingerprint density at radius 2 is 1.67 bits per heavy atom. The lowest BCUT2D eigenvalue weighted by atomic mass is 10.0. The maximum atomic E-state index is 13.4. The molecule has 0 aliphatic rings. The van der Waals surface area contributed by atoms with Crippen molar-refractivity contribution in [2.24, 2.45) is 0 Å². The highest BCUT2D eigenvalue weighted by atomic mass is 35.5. The zero-order valence-electron chi connectivity index (χ0n) is 15.4. The second kappa shape index (κ2) is 7.05. The Balaban J connectivity index is 2.00. The first-order valence-corrected chi connectivity index (χ1v) is 9.36. The van der Waals surface area contributed by atoms with Crippen LogP contribution >= 0.6 is 11.6 Å². The number of aryl methyl sites for hydroxylation is 2. The zero-order valence-corrected chi connectivity index (χ0v) is 16.1. The predicted octanol–water partition coefficient (Wildman–Crippen LogP) is 5.99. The summed E-state index contributed by atoms with van der Waals surface area (Å²) < 4.78 is 1.83. The van der Waals surface area contributed by atoms with Crippen LogP contribution in [0.5, 0.6) is 0 Å². The third-order valence-electron chi connectivity index (χ3n) is 4.98. The molecule has 0 fully saturated rings. The maximum absolute atomic E-state index is 13.4. The number of benzene rings is 3. The van der Waals surface area contributed by atoms with E-state index in [1.54, 1.807) is 6.07 Å². The van der Waals surface area contributed by atoms with Gasteiger partial charge in [0.15, 0.2) is 0 Å². The summed E-state index contributed by atoms with van der Waals surface area (Å²) in [7, 11) is 0.